The summed E-state index contributed by atoms with van der Waals surface area (Å²) in [5, 5.41) is 11.1. The van der Waals surface area contributed by atoms with Gasteiger partial charge in [-0.15, -0.1) is 0 Å². The Morgan fingerprint density at radius 3 is 2.33 bits per heavy atom. The highest BCUT2D eigenvalue weighted by Gasteiger charge is 2.10. The molecule has 2 aromatic carbocycles. The fraction of sp³-hybridized carbons (Fsp3) is 0. The van der Waals surface area contributed by atoms with E-state index in [0.29, 0.717) is 11.3 Å². The lowest BCUT2D eigenvalue weighted by molar-refractivity contribution is -0.131. The minimum atomic E-state index is -1.04. The first-order valence-electron chi connectivity index (χ1n) is 6.13. The largest absolute Gasteiger partial charge is 0.478 e. The summed E-state index contributed by atoms with van der Waals surface area (Å²) < 4.78 is 13.5. The highest BCUT2D eigenvalue weighted by atomic mass is 19.1. The Balaban J connectivity index is 2.09. The second-order valence-electron chi connectivity index (χ2n) is 4.23. The van der Waals surface area contributed by atoms with Crippen molar-refractivity contribution in [3.8, 4) is 0 Å². The summed E-state index contributed by atoms with van der Waals surface area (Å²) in [5.74, 6) is -2.16. The van der Waals surface area contributed by atoms with Gasteiger partial charge in [-0.3, -0.25) is 4.79 Å². The predicted molar refractivity (Wildman–Crippen MR) is 77.5 cm³/mol. The zero-order valence-electron chi connectivity index (χ0n) is 10.9. The van der Waals surface area contributed by atoms with Crippen LogP contribution in [0, 0.1) is 5.82 Å². The average Bonchev–Trinajstić information content (AvgIpc) is 2.47. The molecule has 106 valence electrons. The van der Waals surface area contributed by atoms with Crippen molar-refractivity contribution in [2.45, 2.75) is 0 Å². The fourth-order valence-electron chi connectivity index (χ4n) is 1.69. The standard InChI is InChI=1S/C16H12FNO3/c17-14-4-2-1-3-13(14)16(21)18-12-8-5-11(6-9-12)7-10-15(19)20/h1-10H,(H,18,21)(H,19,20)/b10-7+. The molecule has 1 amide bonds. The van der Waals surface area contributed by atoms with Gasteiger partial charge in [0.15, 0.2) is 0 Å². The van der Waals surface area contributed by atoms with Crippen molar-refractivity contribution in [1.29, 1.82) is 0 Å². The van der Waals surface area contributed by atoms with Crippen molar-refractivity contribution < 1.29 is 19.1 Å². The molecule has 0 bridgehead atoms. The van der Waals surface area contributed by atoms with Gasteiger partial charge in [0.2, 0.25) is 0 Å². The van der Waals surface area contributed by atoms with Gasteiger partial charge in [-0.25, -0.2) is 9.18 Å². The molecule has 2 rings (SSSR count). The molecular formula is C16H12FNO3. The number of anilines is 1. The number of rotatable bonds is 4. The quantitative estimate of drug-likeness (QED) is 0.848. The van der Waals surface area contributed by atoms with Crippen LogP contribution in [0.1, 0.15) is 15.9 Å². The van der Waals surface area contributed by atoms with Gasteiger partial charge < -0.3 is 10.4 Å². The molecule has 21 heavy (non-hydrogen) atoms. The summed E-state index contributed by atoms with van der Waals surface area (Å²) in [6.07, 6.45) is 2.46. The molecule has 0 heterocycles. The molecule has 5 heteroatoms. The molecule has 0 aromatic heterocycles. The van der Waals surface area contributed by atoms with Gasteiger partial charge in [-0.2, -0.15) is 0 Å². The molecule has 0 atom stereocenters. The summed E-state index contributed by atoms with van der Waals surface area (Å²) in [5.41, 5.74) is 1.14. The van der Waals surface area contributed by atoms with E-state index in [1.54, 1.807) is 30.3 Å². The molecular weight excluding hydrogens is 273 g/mol. The van der Waals surface area contributed by atoms with Crippen molar-refractivity contribution in [3.05, 3.63) is 71.6 Å². The Morgan fingerprint density at radius 2 is 1.71 bits per heavy atom. The number of carbonyl (C=O) groups is 2. The number of halogens is 1. The Hall–Kier alpha value is -2.95. The topological polar surface area (TPSA) is 66.4 Å². The molecule has 0 aliphatic heterocycles. The minimum absolute atomic E-state index is 0.0349. The van der Waals surface area contributed by atoms with Crippen LogP contribution in [0.25, 0.3) is 6.08 Å². The summed E-state index contributed by atoms with van der Waals surface area (Å²) in [7, 11) is 0. The van der Waals surface area contributed by atoms with Gasteiger partial charge >= 0.3 is 5.97 Å². The molecule has 0 spiro atoms. The van der Waals surface area contributed by atoms with Crippen LogP contribution < -0.4 is 5.32 Å². The summed E-state index contributed by atoms with van der Waals surface area (Å²) in [4.78, 5) is 22.3. The van der Waals surface area contributed by atoms with Gasteiger partial charge in [-0.05, 0) is 35.9 Å². The number of amides is 1. The number of carboxylic acids is 1. The van der Waals surface area contributed by atoms with Gasteiger partial charge in [0.1, 0.15) is 5.82 Å². The van der Waals surface area contributed by atoms with E-state index in [0.717, 1.165) is 6.08 Å². The van der Waals surface area contributed by atoms with Crippen molar-refractivity contribution in [2.24, 2.45) is 0 Å². The maximum absolute atomic E-state index is 13.5. The van der Waals surface area contributed by atoms with Crippen LogP contribution >= 0.6 is 0 Å². The maximum Gasteiger partial charge on any atom is 0.328 e. The predicted octanol–water partition coefficient (Wildman–Crippen LogP) is 3.18. The molecule has 4 nitrogen and oxygen atoms in total. The zero-order valence-corrected chi connectivity index (χ0v) is 10.9. The monoisotopic (exact) mass is 285 g/mol. The van der Waals surface area contributed by atoms with Crippen LogP contribution in [0.15, 0.2) is 54.6 Å². The number of aliphatic carboxylic acids is 1. The first-order chi connectivity index (χ1) is 10.1. The van der Waals surface area contributed by atoms with E-state index in [1.807, 2.05) is 0 Å². The normalized spacial score (nSPS) is 10.5. The Labute approximate surface area is 120 Å². The highest BCUT2D eigenvalue weighted by molar-refractivity contribution is 6.04. The molecule has 0 aliphatic carbocycles. The average molecular weight is 285 g/mol. The van der Waals surface area contributed by atoms with Crippen molar-refractivity contribution in [2.75, 3.05) is 5.32 Å². The third-order valence-electron chi connectivity index (χ3n) is 2.71. The van der Waals surface area contributed by atoms with Crippen molar-refractivity contribution in [3.63, 3.8) is 0 Å². The molecule has 0 aliphatic rings. The molecule has 0 fully saturated rings. The van der Waals surface area contributed by atoms with E-state index in [4.69, 9.17) is 5.11 Å². The molecule has 0 saturated carbocycles. The van der Waals surface area contributed by atoms with Gasteiger partial charge in [0, 0.05) is 11.8 Å². The van der Waals surface area contributed by atoms with Crippen LogP contribution in [-0.2, 0) is 4.79 Å². The Kier molecular flexibility index (Phi) is 4.46. The molecule has 2 aromatic rings. The number of nitrogens with one attached hydrogen (secondary N) is 1. The first kappa shape index (κ1) is 14.5. The highest BCUT2D eigenvalue weighted by Crippen LogP contribution is 2.14. The summed E-state index contributed by atoms with van der Waals surface area (Å²) in [6.45, 7) is 0. The van der Waals surface area contributed by atoms with E-state index in [-0.39, 0.29) is 5.56 Å². The molecule has 0 unspecified atom stereocenters. The van der Waals surface area contributed by atoms with E-state index in [2.05, 4.69) is 5.32 Å². The van der Waals surface area contributed by atoms with Crippen molar-refractivity contribution in [1.82, 2.24) is 0 Å². The lowest BCUT2D eigenvalue weighted by atomic mass is 10.1. The van der Waals surface area contributed by atoms with Crippen LogP contribution in [0.2, 0.25) is 0 Å². The van der Waals surface area contributed by atoms with Crippen LogP contribution in [0.5, 0.6) is 0 Å². The van der Waals surface area contributed by atoms with Gasteiger partial charge in [0.05, 0.1) is 5.56 Å². The zero-order chi connectivity index (χ0) is 15.2. The number of hydrogen-bond acceptors (Lipinski definition) is 2. The SMILES string of the molecule is O=C(O)/C=C/c1ccc(NC(=O)c2ccccc2F)cc1. The van der Waals surface area contributed by atoms with Crippen LogP contribution in [0.3, 0.4) is 0 Å². The van der Waals surface area contributed by atoms with Crippen molar-refractivity contribution >= 4 is 23.6 Å². The lowest BCUT2D eigenvalue weighted by Gasteiger charge is -2.06. The Bertz CT molecular complexity index is 693. The van der Waals surface area contributed by atoms with Gasteiger partial charge in [-0.1, -0.05) is 24.3 Å². The van der Waals surface area contributed by atoms with E-state index in [9.17, 15) is 14.0 Å². The second-order valence-corrected chi connectivity index (χ2v) is 4.23. The van der Waals surface area contributed by atoms with E-state index < -0.39 is 17.7 Å². The van der Waals surface area contributed by atoms with Gasteiger partial charge in [0.25, 0.3) is 5.91 Å². The smallest absolute Gasteiger partial charge is 0.328 e. The molecule has 2 N–H and O–H groups in total. The number of hydrogen-bond donors (Lipinski definition) is 2. The Morgan fingerprint density at radius 1 is 1.05 bits per heavy atom. The number of benzene rings is 2. The third kappa shape index (κ3) is 4.01. The van der Waals surface area contributed by atoms with E-state index >= 15 is 0 Å². The van der Waals surface area contributed by atoms with E-state index in [1.165, 1.54) is 24.3 Å². The third-order valence-corrected chi connectivity index (χ3v) is 2.71. The van der Waals surface area contributed by atoms with Crippen LogP contribution in [-0.4, -0.2) is 17.0 Å². The lowest BCUT2D eigenvalue weighted by Crippen LogP contribution is -2.13. The molecule has 0 radical (unpaired) electrons. The maximum atomic E-state index is 13.5. The number of carboxylic acid groups (broad SMARTS) is 1. The molecule has 0 saturated heterocycles. The fourth-order valence-corrected chi connectivity index (χ4v) is 1.69. The van der Waals surface area contributed by atoms with Crippen LogP contribution in [0.4, 0.5) is 10.1 Å². The number of carbonyl (C=O) groups excluding carboxylic acids is 1. The summed E-state index contributed by atoms with van der Waals surface area (Å²) in [6, 6.07) is 12.2. The summed E-state index contributed by atoms with van der Waals surface area (Å²) >= 11 is 0. The second kappa shape index (κ2) is 6.47. The first-order valence-corrected chi connectivity index (χ1v) is 6.13. The minimum Gasteiger partial charge on any atom is -0.478 e.